The molecule has 0 aromatic carbocycles. The van der Waals surface area contributed by atoms with E-state index < -0.39 is 17.1 Å². The van der Waals surface area contributed by atoms with Crippen molar-refractivity contribution in [3.8, 4) is 0 Å². The van der Waals surface area contributed by atoms with Crippen LogP contribution in [0.1, 0.15) is 51.2 Å². The second-order valence-electron chi connectivity index (χ2n) is 6.32. The number of hydrogen-bond acceptors (Lipinski definition) is 6. The molecule has 1 aromatic rings. The molecule has 1 aromatic heterocycles. The van der Waals surface area contributed by atoms with Crippen LogP contribution in [0.25, 0.3) is 0 Å². The summed E-state index contributed by atoms with van der Waals surface area (Å²) in [6.07, 6.45) is 3.73. The van der Waals surface area contributed by atoms with Crippen molar-refractivity contribution in [3.63, 3.8) is 0 Å². The first-order valence-electron chi connectivity index (χ1n) is 7.08. The number of hydrogen-bond donors (Lipinski definition) is 2. The number of rotatable bonds is 3. The average Bonchev–Trinajstić information content (AvgIpc) is 3.07. The minimum atomic E-state index is -0.902. The molecule has 3 rings (SSSR count). The lowest BCUT2D eigenvalue weighted by atomic mass is 9.99. The highest BCUT2D eigenvalue weighted by Gasteiger charge is 2.45. The van der Waals surface area contributed by atoms with Gasteiger partial charge in [0.05, 0.1) is 5.54 Å². The van der Waals surface area contributed by atoms with Crippen LogP contribution in [0.2, 0.25) is 0 Å². The van der Waals surface area contributed by atoms with Crippen LogP contribution in [0.4, 0.5) is 4.79 Å². The predicted molar refractivity (Wildman–Crippen MR) is 71.8 cm³/mol. The number of amides is 3. The van der Waals surface area contributed by atoms with Crippen molar-refractivity contribution >= 4 is 11.9 Å². The Balaban J connectivity index is 1.76. The standard InChI is InChI=1S/C13H19N5O3/c1-12(2)10(19)18(11(20)16-12)7-8-15-9(17-21-8)13(14)5-3-4-6-13/h3-7,14H2,1-2H3,(H,16,20). The van der Waals surface area contributed by atoms with E-state index in [0.717, 1.165) is 30.6 Å². The zero-order chi connectivity index (χ0) is 15.3. The molecule has 1 aliphatic carbocycles. The van der Waals surface area contributed by atoms with E-state index in [2.05, 4.69) is 15.5 Å². The summed E-state index contributed by atoms with van der Waals surface area (Å²) in [7, 11) is 0. The van der Waals surface area contributed by atoms with Crippen molar-refractivity contribution in [2.45, 2.75) is 57.2 Å². The topological polar surface area (TPSA) is 114 Å². The maximum absolute atomic E-state index is 12.1. The molecule has 1 aliphatic heterocycles. The molecule has 2 heterocycles. The van der Waals surface area contributed by atoms with E-state index in [1.165, 1.54) is 0 Å². The van der Waals surface area contributed by atoms with E-state index in [0.29, 0.717) is 5.82 Å². The first-order valence-corrected chi connectivity index (χ1v) is 7.08. The molecule has 0 radical (unpaired) electrons. The van der Waals surface area contributed by atoms with Gasteiger partial charge in [-0.1, -0.05) is 18.0 Å². The second-order valence-corrected chi connectivity index (χ2v) is 6.32. The summed E-state index contributed by atoms with van der Waals surface area (Å²) in [6, 6.07) is -0.451. The van der Waals surface area contributed by atoms with E-state index >= 15 is 0 Å². The summed E-state index contributed by atoms with van der Waals surface area (Å²) < 4.78 is 5.15. The molecule has 8 heteroatoms. The van der Waals surface area contributed by atoms with Crippen molar-refractivity contribution in [2.24, 2.45) is 5.73 Å². The van der Waals surface area contributed by atoms with E-state index in [-0.39, 0.29) is 18.3 Å². The molecule has 1 saturated heterocycles. The molecular formula is C13H19N5O3. The van der Waals surface area contributed by atoms with Crippen LogP contribution in [0.3, 0.4) is 0 Å². The van der Waals surface area contributed by atoms with Crippen LogP contribution >= 0.6 is 0 Å². The Labute approximate surface area is 122 Å². The fourth-order valence-electron chi connectivity index (χ4n) is 2.85. The van der Waals surface area contributed by atoms with E-state index in [4.69, 9.17) is 10.3 Å². The Morgan fingerprint density at radius 2 is 2.00 bits per heavy atom. The Kier molecular flexibility index (Phi) is 3.01. The molecule has 21 heavy (non-hydrogen) atoms. The molecule has 0 unspecified atom stereocenters. The van der Waals surface area contributed by atoms with Gasteiger partial charge in [0.2, 0.25) is 5.89 Å². The highest BCUT2D eigenvalue weighted by Crippen LogP contribution is 2.34. The van der Waals surface area contributed by atoms with Gasteiger partial charge in [0, 0.05) is 0 Å². The first kappa shape index (κ1) is 14.0. The molecule has 0 spiro atoms. The maximum Gasteiger partial charge on any atom is 0.325 e. The number of nitrogens with zero attached hydrogens (tertiary/aromatic N) is 3. The summed E-state index contributed by atoms with van der Waals surface area (Å²) in [4.78, 5) is 29.3. The van der Waals surface area contributed by atoms with Gasteiger partial charge in [-0.05, 0) is 26.7 Å². The van der Waals surface area contributed by atoms with Crippen molar-refractivity contribution in [1.29, 1.82) is 0 Å². The summed E-state index contributed by atoms with van der Waals surface area (Å²) in [5.41, 5.74) is 4.81. The second kappa shape index (κ2) is 4.52. The fourth-order valence-corrected chi connectivity index (χ4v) is 2.85. The SMILES string of the molecule is CC1(C)NC(=O)N(Cc2nc(C3(N)CCCC3)no2)C1=O. The van der Waals surface area contributed by atoms with E-state index in [9.17, 15) is 9.59 Å². The lowest BCUT2D eigenvalue weighted by molar-refractivity contribution is -0.130. The van der Waals surface area contributed by atoms with Gasteiger partial charge in [-0.3, -0.25) is 9.69 Å². The van der Waals surface area contributed by atoms with Gasteiger partial charge in [0.25, 0.3) is 5.91 Å². The van der Waals surface area contributed by atoms with Gasteiger partial charge in [0.15, 0.2) is 5.82 Å². The largest absolute Gasteiger partial charge is 0.337 e. The molecular weight excluding hydrogens is 274 g/mol. The number of imide groups is 1. The number of nitrogens with one attached hydrogen (secondary N) is 1. The molecule has 2 fully saturated rings. The van der Waals surface area contributed by atoms with Gasteiger partial charge < -0.3 is 15.6 Å². The van der Waals surface area contributed by atoms with Crippen molar-refractivity contribution in [1.82, 2.24) is 20.4 Å². The molecule has 2 aliphatic rings. The quantitative estimate of drug-likeness (QED) is 0.790. The molecule has 0 atom stereocenters. The van der Waals surface area contributed by atoms with Crippen LogP contribution in [0, 0.1) is 0 Å². The van der Waals surface area contributed by atoms with Gasteiger partial charge >= 0.3 is 6.03 Å². The predicted octanol–water partition coefficient (Wildman–Crippen LogP) is 0.628. The third-order valence-electron chi connectivity index (χ3n) is 4.15. The highest BCUT2D eigenvalue weighted by atomic mass is 16.5. The number of nitrogens with two attached hydrogens (primary N) is 1. The van der Waals surface area contributed by atoms with Crippen LogP contribution in [-0.4, -0.2) is 32.5 Å². The molecule has 3 N–H and O–H groups in total. The summed E-state index contributed by atoms with van der Waals surface area (Å²) in [6.45, 7) is 3.27. The van der Waals surface area contributed by atoms with Crippen LogP contribution in [0.5, 0.6) is 0 Å². The maximum atomic E-state index is 12.1. The van der Waals surface area contributed by atoms with Crippen molar-refractivity contribution < 1.29 is 14.1 Å². The molecule has 1 saturated carbocycles. The molecule has 0 bridgehead atoms. The summed E-state index contributed by atoms with van der Waals surface area (Å²) >= 11 is 0. The van der Waals surface area contributed by atoms with Gasteiger partial charge in [0.1, 0.15) is 12.1 Å². The van der Waals surface area contributed by atoms with Crippen LogP contribution in [0.15, 0.2) is 4.52 Å². The van der Waals surface area contributed by atoms with E-state index in [1.807, 2.05) is 0 Å². The fraction of sp³-hybridized carbons (Fsp3) is 0.692. The molecule has 8 nitrogen and oxygen atoms in total. The normalized spacial score (nSPS) is 23.7. The summed E-state index contributed by atoms with van der Waals surface area (Å²) in [5.74, 6) is 0.375. The van der Waals surface area contributed by atoms with Crippen LogP contribution in [-0.2, 0) is 16.9 Å². The smallest absolute Gasteiger partial charge is 0.325 e. The third-order valence-corrected chi connectivity index (χ3v) is 4.15. The summed E-state index contributed by atoms with van der Waals surface area (Å²) in [5, 5.41) is 6.52. The Hall–Kier alpha value is -1.96. The Bertz CT molecular complexity index is 588. The lowest BCUT2D eigenvalue weighted by Crippen LogP contribution is -2.40. The number of carbonyl (C=O) groups is 2. The first-order chi connectivity index (χ1) is 9.82. The zero-order valence-corrected chi connectivity index (χ0v) is 12.2. The Morgan fingerprint density at radius 3 is 2.57 bits per heavy atom. The Morgan fingerprint density at radius 1 is 1.33 bits per heavy atom. The molecule has 114 valence electrons. The number of aromatic nitrogens is 2. The van der Waals surface area contributed by atoms with Crippen molar-refractivity contribution in [2.75, 3.05) is 0 Å². The monoisotopic (exact) mass is 293 g/mol. The highest BCUT2D eigenvalue weighted by molar-refractivity contribution is 6.06. The lowest BCUT2D eigenvalue weighted by Gasteiger charge is -2.17. The third kappa shape index (κ3) is 2.29. The van der Waals surface area contributed by atoms with E-state index in [1.54, 1.807) is 13.8 Å². The zero-order valence-electron chi connectivity index (χ0n) is 12.2. The number of carbonyl (C=O) groups excluding carboxylic acids is 2. The number of urea groups is 1. The molecule has 3 amide bonds. The van der Waals surface area contributed by atoms with Gasteiger partial charge in [-0.15, -0.1) is 0 Å². The van der Waals surface area contributed by atoms with Crippen molar-refractivity contribution in [3.05, 3.63) is 11.7 Å². The van der Waals surface area contributed by atoms with Gasteiger partial charge in [-0.25, -0.2) is 4.79 Å². The minimum absolute atomic E-state index is 0.0306. The average molecular weight is 293 g/mol. The van der Waals surface area contributed by atoms with Crippen LogP contribution < -0.4 is 11.1 Å². The minimum Gasteiger partial charge on any atom is -0.337 e. The van der Waals surface area contributed by atoms with Gasteiger partial charge in [-0.2, -0.15) is 4.98 Å².